The molecule has 1 amide bonds. The van der Waals surface area contributed by atoms with E-state index in [1.165, 1.54) is 17.5 Å². The maximum Gasteiger partial charge on any atom is 0.410 e. The third-order valence-electron chi connectivity index (χ3n) is 6.57. The third-order valence-corrected chi connectivity index (χ3v) is 6.57. The molecule has 2 N–H and O–H groups in total. The predicted octanol–water partition coefficient (Wildman–Crippen LogP) is 5.00. The molecule has 1 aliphatic carbocycles. The second kappa shape index (κ2) is 9.53. The number of anilines is 1. The van der Waals surface area contributed by atoms with Gasteiger partial charge in [0.05, 0.1) is 0 Å². The van der Waals surface area contributed by atoms with E-state index in [0.717, 1.165) is 48.1 Å². The number of nitrogens with zero attached hydrogens (tertiary/aromatic N) is 2. The predicted molar refractivity (Wildman–Crippen MR) is 128 cm³/mol. The molecule has 2 heterocycles. The van der Waals surface area contributed by atoms with Crippen molar-refractivity contribution in [2.24, 2.45) is 0 Å². The minimum atomic E-state index is -0.274. The molecule has 170 valence electrons. The van der Waals surface area contributed by atoms with Crippen molar-refractivity contribution in [1.29, 1.82) is 0 Å². The van der Waals surface area contributed by atoms with Crippen LogP contribution in [0.25, 0.3) is 11.1 Å². The van der Waals surface area contributed by atoms with E-state index in [0.29, 0.717) is 25.6 Å². The van der Waals surface area contributed by atoms with Crippen molar-refractivity contribution in [3.05, 3.63) is 77.5 Å². The Kier molecular flexibility index (Phi) is 6.15. The Balaban J connectivity index is 1.17. The van der Waals surface area contributed by atoms with E-state index in [-0.39, 0.29) is 12.2 Å². The number of amides is 1. The number of aromatic nitrogens is 1. The standard InChI is InChI=1S/C27H29N3O3/c28-26-23-8-4-7-20(23)9-10-24(26)21-11-14-29-25(17-21)33-22-12-15-30(16-13-22)27(31)32-18-19-5-2-1-3-6-19/h1-3,5-6,9-11,14,17,22H,4,7-8,12-13,15-16,18,28H2. The van der Waals surface area contributed by atoms with Crippen molar-refractivity contribution in [3.8, 4) is 17.0 Å². The molecule has 1 saturated heterocycles. The van der Waals surface area contributed by atoms with Crippen molar-refractivity contribution in [2.75, 3.05) is 18.8 Å². The van der Waals surface area contributed by atoms with Crippen LogP contribution >= 0.6 is 0 Å². The maximum absolute atomic E-state index is 12.4. The Morgan fingerprint density at radius 2 is 1.88 bits per heavy atom. The number of ether oxygens (including phenoxy) is 2. The molecule has 0 unspecified atom stereocenters. The molecule has 1 aromatic heterocycles. The molecule has 1 aliphatic heterocycles. The number of piperidine rings is 1. The molecule has 0 saturated carbocycles. The Morgan fingerprint density at radius 1 is 1.06 bits per heavy atom. The first-order valence-electron chi connectivity index (χ1n) is 11.7. The van der Waals surface area contributed by atoms with E-state index >= 15 is 0 Å². The molecule has 2 aliphatic rings. The number of pyridine rings is 1. The molecular weight excluding hydrogens is 414 g/mol. The summed E-state index contributed by atoms with van der Waals surface area (Å²) in [6.45, 7) is 1.50. The summed E-state index contributed by atoms with van der Waals surface area (Å²) < 4.78 is 11.6. The maximum atomic E-state index is 12.4. The Bertz CT molecular complexity index is 1120. The SMILES string of the molecule is Nc1c(-c2ccnc(OC3CCN(C(=O)OCc4ccccc4)CC3)c2)ccc2c1CCC2. The van der Waals surface area contributed by atoms with Crippen molar-refractivity contribution in [2.45, 2.75) is 44.8 Å². The van der Waals surface area contributed by atoms with Gasteiger partial charge in [-0.15, -0.1) is 0 Å². The zero-order valence-electron chi connectivity index (χ0n) is 18.7. The average molecular weight is 444 g/mol. The van der Waals surface area contributed by atoms with Gasteiger partial charge >= 0.3 is 6.09 Å². The minimum Gasteiger partial charge on any atom is -0.474 e. The highest BCUT2D eigenvalue weighted by Gasteiger charge is 2.25. The van der Waals surface area contributed by atoms with Gasteiger partial charge in [0.1, 0.15) is 12.7 Å². The van der Waals surface area contributed by atoms with Gasteiger partial charge in [0.2, 0.25) is 5.88 Å². The largest absolute Gasteiger partial charge is 0.474 e. The van der Waals surface area contributed by atoms with Crippen LogP contribution in [0.15, 0.2) is 60.8 Å². The fraction of sp³-hybridized carbons (Fsp3) is 0.333. The molecule has 6 nitrogen and oxygen atoms in total. The van der Waals surface area contributed by atoms with Crippen LogP contribution in [0.1, 0.15) is 36.0 Å². The Hall–Kier alpha value is -3.54. The van der Waals surface area contributed by atoms with Crippen molar-refractivity contribution < 1.29 is 14.3 Å². The molecule has 0 spiro atoms. The number of benzene rings is 2. The first-order chi connectivity index (χ1) is 16.2. The van der Waals surface area contributed by atoms with Gasteiger partial charge in [0, 0.05) is 49.4 Å². The Labute approximate surface area is 194 Å². The summed E-state index contributed by atoms with van der Waals surface area (Å²) in [6, 6.07) is 18.0. The normalized spacial score (nSPS) is 15.8. The summed E-state index contributed by atoms with van der Waals surface area (Å²) >= 11 is 0. The molecule has 0 atom stereocenters. The van der Waals surface area contributed by atoms with Crippen LogP contribution in [-0.2, 0) is 24.2 Å². The first kappa shape index (κ1) is 21.3. The molecule has 0 bridgehead atoms. The Morgan fingerprint density at radius 3 is 2.70 bits per heavy atom. The highest BCUT2D eigenvalue weighted by molar-refractivity contribution is 5.80. The monoisotopic (exact) mass is 443 g/mol. The number of aryl methyl sites for hydroxylation is 1. The summed E-state index contributed by atoms with van der Waals surface area (Å²) in [5.74, 6) is 0.595. The van der Waals surface area contributed by atoms with E-state index < -0.39 is 0 Å². The van der Waals surface area contributed by atoms with Crippen LogP contribution in [0.5, 0.6) is 5.88 Å². The molecule has 3 aromatic rings. The van der Waals surface area contributed by atoms with Crippen LogP contribution in [0.2, 0.25) is 0 Å². The molecule has 2 aromatic carbocycles. The van der Waals surface area contributed by atoms with Crippen LogP contribution in [0, 0.1) is 0 Å². The number of nitrogen functional groups attached to an aromatic ring is 1. The smallest absolute Gasteiger partial charge is 0.410 e. The number of likely N-dealkylation sites (tertiary alicyclic amines) is 1. The van der Waals surface area contributed by atoms with Crippen LogP contribution in [0.4, 0.5) is 10.5 Å². The fourth-order valence-corrected chi connectivity index (χ4v) is 4.73. The summed E-state index contributed by atoms with van der Waals surface area (Å²) in [5.41, 5.74) is 13.1. The number of hydrogen-bond acceptors (Lipinski definition) is 5. The average Bonchev–Trinajstić information content (AvgIpc) is 3.34. The van der Waals surface area contributed by atoms with Gasteiger partial charge in [-0.25, -0.2) is 9.78 Å². The van der Waals surface area contributed by atoms with Crippen molar-refractivity contribution >= 4 is 11.8 Å². The van der Waals surface area contributed by atoms with Gasteiger partial charge in [-0.2, -0.15) is 0 Å². The van der Waals surface area contributed by atoms with E-state index in [2.05, 4.69) is 17.1 Å². The second-order valence-electron chi connectivity index (χ2n) is 8.75. The van der Waals surface area contributed by atoms with Crippen molar-refractivity contribution in [3.63, 3.8) is 0 Å². The van der Waals surface area contributed by atoms with E-state index in [1.54, 1.807) is 11.1 Å². The number of nitrogens with two attached hydrogens (primary N) is 1. The number of carbonyl (C=O) groups is 1. The summed E-state index contributed by atoms with van der Waals surface area (Å²) in [6.07, 6.45) is 6.34. The van der Waals surface area contributed by atoms with E-state index in [4.69, 9.17) is 15.2 Å². The summed E-state index contributed by atoms with van der Waals surface area (Å²) in [4.78, 5) is 18.5. The number of hydrogen-bond donors (Lipinski definition) is 1. The van der Waals surface area contributed by atoms with E-state index in [9.17, 15) is 4.79 Å². The molecule has 6 heteroatoms. The van der Waals surface area contributed by atoms with Crippen molar-refractivity contribution in [1.82, 2.24) is 9.88 Å². The summed E-state index contributed by atoms with van der Waals surface area (Å²) in [7, 11) is 0. The lowest BCUT2D eigenvalue weighted by Gasteiger charge is -2.31. The molecule has 1 fully saturated rings. The lowest BCUT2D eigenvalue weighted by molar-refractivity contribution is 0.0625. The quantitative estimate of drug-likeness (QED) is 0.562. The van der Waals surface area contributed by atoms with Crippen LogP contribution in [0.3, 0.4) is 0 Å². The van der Waals surface area contributed by atoms with Gasteiger partial charge < -0.3 is 20.1 Å². The van der Waals surface area contributed by atoms with Gasteiger partial charge in [-0.3, -0.25) is 0 Å². The topological polar surface area (TPSA) is 77.7 Å². The zero-order valence-corrected chi connectivity index (χ0v) is 18.7. The highest BCUT2D eigenvalue weighted by atomic mass is 16.6. The zero-order chi connectivity index (χ0) is 22.6. The van der Waals surface area contributed by atoms with Gasteiger partial charge in [-0.1, -0.05) is 42.5 Å². The molecule has 5 rings (SSSR count). The van der Waals surface area contributed by atoms with Gasteiger partial charge in [0.25, 0.3) is 0 Å². The van der Waals surface area contributed by atoms with Crippen LogP contribution in [-0.4, -0.2) is 35.2 Å². The first-order valence-corrected chi connectivity index (χ1v) is 11.7. The molecular formula is C27H29N3O3. The van der Waals surface area contributed by atoms with E-state index in [1.807, 2.05) is 42.5 Å². The lowest BCUT2D eigenvalue weighted by atomic mass is 9.98. The summed E-state index contributed by atoms with van der Waals surface area (Å²) in [5, 5.41) is 0. The number of carbonyl (C=O) groups excluding carboxylic acids is 1. The second-order valence-corrected chi connectivity index (χ2v) is 8.75. The molecule has 33 heavy (non-hydrogen) atoms. The fourth-order valence-electron chi connectivity index (χ4n) is 4.73. The minimum absolute atomic E-state index is 0.0169. The van der Waals surface area contributed by atoms with Crippen LogP contribution < -0.4 is 10.5 Å². The van der Waals surface area contributed by atoms with Gasteiger partial charge in [-0.05, 0) is 47.6 Å². The number of fused-ring (bicyclic) bond motifs is 1. The lowest BCUT2D eigenvalue weighted by Crippen LogP contribution is -2.42. The number of rotatable bonds is 5. The molecule has 0 radical (unpaired) electrons. The van der Waals surface area contributed by atoms with Gasteiger partial charge in [0.15, 0.2) is 0 Å². The third kappa shape index (κ3) is 4.80. The highest BCUT2D eigenvalue weighted by Crippen LogP contribution is 2.36.